The number of amides is 1. The van der Waals surface area contributed by atoms with E-state index >= 15 is 0 Å². The average molecular weight is 558 g/mol. The third kappa shape index (κ3) is 7.06. The molecule has 1 aliphatic carbocycles. The fraction of sp³-hybridized carbons (Fsp3) is 0.424. The summed E-state index contributed by atoms with van der Waals surface area (Å²) in [7, 11) is 0. The molecule has 2 heterocycles. The topological polar surface area (TPSA) is 93.9 Å². The van der Waals surface area contributed by atoms with E-state index in [0.29, 0.717) is 64.7 Å². The van der Waals surface area contributed by atoms with Crippen molar-refractivity contribution in [2.24, 2.45) is 0 Å². The molecule has 1 amide bonds. The molecular formula is C33H39N3O5. The molecule has 0 aliphatic heterocycles. The van der Waals surface area contributed by atoms with E-state index in [1.165, 1.54) is 12.8 Å². The summed E-state index contributed by atoms with van der Waals surface area (Å²) in [6, 6.07) is 13.0. The summed E-state index contributed by atoms with van der Waals surface area (Å²) in [6.07, 6.45) is 7.19. The highest BCUT2D eigenvalue weighted by atomic mass is 16.5. The van der Waals surface area contributed by atoms with Gasteiger partial charge >= 0.3 is 0 Å². The van der Waals surface area contributed by atoms with Crippen molar-refractivity contribution >= 4 is 27.8 Å². The van der Waals surface area contributed by atoms with Crippen LogP contribution >= 0.6 is 0 Å². The molecular weight excluding hydrogens is 518 g/mol. The van der Waals surface area contributed by atoms with Crippen LogP contribution in [-0.2, 0) is 11.2 Å². The van der Waals surface area contributed by atoms with E-state index in [1.54, 1.807) is 24.4 Å². The Morgan fingerprint density at radius 3 is 2.56 bits per heavy atom. The van der Waals surface area contributed by atoms with Crippen molar-refractivity contribution in [2.45, 2.75) is 65.3 Å². The molecule has 1 fully saturated rings. The Balaban J connectivity index is 1.29. The lowest BCUT2D eigenvalue weighted by atomic mass is 10.1. The zero-order chi connectivity index (χ0) is 28.8. The van der Waals surface area contributed by atoms with E-state index in [4.69, 9.17) is 13.9 Å². The molecule has 8 heteroatoms. The molecule has 0 bridgehead atoms. The van der Waals surface area contributed by atoms with Crippen LogP contribution in [0.1, 0.15) is 57.2 Å². The fourth-order valence-corrected chi connectivity index (χ4v) is 5.41. The Labute approximate surface area is 240 Å². The number of hydrogen-bond donors (Lipinski definition) is 1. The second-order valence-electron chi connectivity index (χ2n) is 10.7. The number of fused-ring (bicyclic) bond motifs is 2. The number of ether oxygens (including phenoxy) is 2. The number of aromatic nitrogens is 1. The van der Waals surface area contributed by atoms with Gasteiger partial charge in [-0.15, -0.1) is 0 Å². The van der Waals surface area contributed by atoms with Gasteiger partial charge in [-0.2, -0.15) is 0 Å². The van der Waals surface area contributed by atoms with Gasteiger partial charge in [-0.1, -0.05) is 26.7 Å². The van der Waals surface area contributed by atoms with Crippen molar-refractivity contribution in [3.05, 3.63) is 70.1 Å². The minimum absolute atomic E-state index is 0.0804. The quantitative estimate of drug-likeness (QED) is 0.209. The smallest absolute Gasteiger partial charge is 0.220 e. The predicted octanol–water partition coefficient (Wildman–Crippen LogP) is 6.15. The molecule has 1 aliphatic rings. The van der Waals surface area contributed by atoms with Crippen molar-refractivity contribution in [3.8, 4) is 17.2 Å². The summed E-state index contributed by atoms with van der Waals surface area (Å²) in [5.41, 5.74) is 2.53. The van der Waals surface area contributed by atoms with Gasteiger partial charge < -0.3 is 24.1 Å². The Kier molecular flexibility index (Phi) is 9.19. The van der Waals surface area contributed by atoms with Gasteiger partial charge in [0.15, 0.2) is 11.3 Å². The lowest BCUT2D eigenvalue weighted by Gasteiger charge is -2.18. The number of likely N-dealkylation sites (N-methyl/N-ethyl adjacent to an activating group) is 1. The number of rotatable bonds is 12. The van der Waals surface area contributed by atoms with Crippen molar-refractivity contribution < 1.29 is 18.7 Å². The maximum absolute atomic E-state index is 13.4. The first-order valence-electron chi connectivity index (χ1n) is 14.7. The number of carbonyl (C=O) groups excluding carboxylic acids is 1. The number of pyridine rings is 1. The van der Waals surface area contributed by atoms with Crippen LogP contribution in [0.15, 0.2) is 57.9 Å². The predicted molar refractivity (Wildman–Crippen MR) is 161 cm³/mol. The zero-order valence-electron chi connectivity index (χ0n) is 24.2. The average Bonchev–Trinajstić information content (AvgIpc) is 3.48. The Morgan fingerprint density at radius 2 is 1.83 bits per heavy atom. The van der Waals surface area contributed by atoms with Crippen LogP contribution in [0.25, 0.3) is 21.9 Å². The van der Waals surface area contributed by atoms with Crippen LogP contribution in [0.4, 0.5) is 0 Å². The largest absolute Gasteiger partial charge is 0.488 e. The summed E-state index contributed by atoms with van der Waals surface area (Å²) in [5, 5.41) is 4.10. The number of nitrogens with one attached hydrogen (secondary N) is 1. The highest BCUT2D eigenvalue weighted by Crippen LogP contribution is 2.31. The van der Waals surface area contributed by atoms with E-state index in [1.807, 2.05) is 31.2 Å². The van der Waals surface area contributed by atoms with Crippen molar-refractivity contribution in [1.82, 2.24) is 15.2 Å². The monoisotopic (exact) mass is 557 g/mol. The standard InChI is InChI=1S/C33H39N3O5/c1-4-36(5-2)16-17-39-30-19-22(3)18-28-32(38)27-14-13-25(20-29(27)41-33(28)30)40-26-12-10-23(34-21-26)11-15-31(37)35-24-8-6-7-9-24/h10,12-14,18-21,24H,4-9,11,15-17H2,1-3H3,(H,35,37). The van der Waals surface area contributed by atoms with Gasteiger partial charge in [-0.05, 0) is 81.2 Å². The Hall–Kier alpha value is -3.91. The third-order valence-electron chi connectivity index (χ3n) is 7.77. The van der Waals surface area contributed by atoms with E-state index in [0.717, 1.165) is 43.7 Å². The molecule has 216 valence electrons. The highest BCUT2D eigenvalue weighted by molar-refractivity contribution is 5.93. The minimum atomic E-state index is -0.104. The molecule has 4 aromatic rings. The molecule has 2 aromatic carbocycles. The number of hydrogen-bond acceptors (Lipinski definition) is 7. The highest BCUT2D eigenvalue weighted by Gasteiger charge is 2.17. The van der Waals surface area contributed by atoms with Crippen LogP contribution in [0, 0.1) is 6.92 Å². The van der Waals surface area contributed by atoms with Crippen LogP contribution in [0.2, 0.25) is 0 Å². The maximum atomic E-state index is 13.4. The van der Waals surface area contributed by atoms with Gasteiger partial charge in [0.25, 0.3) is 0 Å². The minimum Gasteiger partial charge on any atom is -0.488 e. The molecule has 2 aromatic heterocycles. The summed E-state index contributed by atoms with van der Waals surface area (Å²) in [4.78, 5) is 32.4. The summed E-state index contributed by atoms with van der Waals surface area (Å²) in [6.45, 7) is 9.39. The molecule has 8 nitrogen and oxygen atoms in total. The summed E-state index contributed by atoms with van der Waals surface area (Å²) in [5.74, 6) is 1.73. The molecule has 0 radical (unpaired) electrons. The summed E-state index contributed by atoms with van der Waals surface area (Å²) < 4.78 is 18.4. The summed E-state index contributed by atoms with van der Waals surface area (Å²) >= 11 is 0. The second-order valence-corrected chi connectivity index (χ2v) is 10.7. The van der Waals surface area contributed by atoms with Crippen molar-refractivity contribution in [1.29, 1.82) is 0 Å². The fourth-order valence-electron chi connectivity index (χ4n) is 5.41. The van der Waals surface area contributed by atoms with Crippen LogP contribution < -0.4 is 20.2 Å². The first-order valence-corrected chi connectivity index (χ1v) is 14.7. The van der Waals surface area contributed by atoms with E-state index in [2.05, 4.69) is 29.0 Å². The van der Waals surface area contributed by atoms with Gasteiger partial charge in [0.1, 0.15) is 23.7 Å². The van der Waals surface area contributed by atoms with Gasteiger partial charge in [0, 0.05) is 30.8 Å². The second kappa shape index (κ2) is 13.2. The lowest BCUT2D eigenvalue weighted by Crippen LogP contribution is -2.32. The number of carbonyl (C=O) groups is 1. The zero-order valence-corrected chi connectivity index (χ0v) is 24.2. The van der Waals surface area contributed by atoms with Crippen molar-refractivity contribution in [2.75, 3.05) is 26.2 Å². The number of benzene rings is 2. The maximum Gasteiger partial charge on any atom is 0.220 e. The first-order chi connectivity index (χ1) is 19.9. The van der Waals surface area contributed by atoms with Gasteiger partial charge in [0.05, 0.1) is 17.0 Å². The number of nitrogens with zero attached hydrogens (tertiary/aromatic N) is 2. The van der Waals surface area contributed by atoms with E-state index < -0.39 is 0 Å². The molecule has 1 saturated carbocycles. The van der Waals surface area contributed by atoms with Crippen molar-refractivity contribution in [3.63, 3.8) is 0 Å². The lowest BCUT2D eigenvalue weighted by molar-refractivity contribution is -0.121. The van der Waals surface area contributed by atoms with Crippen LogP contribution in [0.5, 0.6) is 17.2 Å². The van der Waals surface area contributed by atoms with Gasteiger partial charge in [-0.3, -0.25) is 14.6 Å². The van der Waals surface area contributed by atoms with Crippen LogP contribution in [0.3, 0.4) is 0 Å². The molecule has 0 saturated heterocycles. The third-order valence-corrected chi connectivity index (χ3v) is 7.77. The van der Waals surface area contributed by atoms with E-state index in [9.17, 15) is 9.59 Å². The first kappa shape index (κ1) is 28.6. The molecule has 0 unspecified atom stereocenters. The molecule has 0 atom stereocenters. The van der Waals surface area contributed by atoms with Crippen LogP contribution in [-0.4, -0.2) is 48.1 Å². The van der Waals surface area contributed by atoms with Gasteiger partial charge in [-0.25, -0.2) is 0 Å². The molecule has 5 rings (SSSR count). The normalized spacial score (nSPS) is 13.8. The van der Waals surface area contributed by atoms with E-state index in [-0.39, 0.29) is 11.3 Å². The number of aryl methyl sites for hydroxylation is 2. The Bertz CT molecular complexity index is 1550. The SMILES string of the molecule is CCN(CC)CCOc1cc(C)cc2c(=O)c3ccc(Oc4ccc(CCC(=O)NC5CCCC5)nc4)cc3oc12. The molecule has 41 heavy (non-hydrogen) atoms. The Morgan fingerprint density at radius 1 is 1.05 bits per heavy atom. The molecule has 1 N–H and O–H groups in total. The molecule has 0 spiro atoms. The van der Waals surface area contributed by atoms with Gasteiger partial charge in [0.2, 0.25) is 11.3 Å².